The first-order chi connectivity index (χ1) is 11.6. The average Bonchev–Trinajstić information content (AvgIpc) is 2.64. The van der Waals surface area contributed by atoms with Crippen molar-refractivity contribution in [3.63, 3.8) is 0 Å². The van der Waals surface area contributed by atoms with Crippen LogP contribution in [0.1, 0.15) is 15.9 Å². The molecule has 1 fully saturated rings. The predicted molar refractivity (Wildman–Crippen MR) is 86.8 cm³/mol. The third-order valence-electron chi connectivity index (χ3n) is 4.15. The molecule has 1 aromatic heterocycles. The maximum absolute atomic E-state index is 13.6. The standard InChI is InChI=1S/C18H18FN3O2/c19-16-4-2-1-3-15(16)13-17(23)21-9-11-22(12-10-21)18(24)14-5-7-20-8-6-14/h1-8H,9-13H2. The van der Waals surface area contributed by atoms with Gasteiger partial charge in [0.2, 0.25) is 5.91 Å². The van der Waals surface area contributed by atoms with E-state index in [1.807, 2.05) is 0 Å². The fourth-order valence-electron chi connectivity index (χ4n) is 2.75. The maximum Gasteiger partial charge on any atom is 0.254 e. The van der Waals surface area contributed by atoms with E-state index in [-0.39, 0.29) is 24.1 Å². The van der Waals surface area contributed by atoms with Gasteiger partial charge in [0.25, 0.3) is 5.91 Å². The molecular weight excluding hydrogens is 309 g/mol. The Balaban J connectivity index is 1.56. The van der Waals surface area contributed by atoms with Gasteiger partial charge in [-0.2, -0.15) is 0 Å². The van der Waals surface area contributed by atoms with Gasteiger partial charge in [0, 0.05) is 44.1 Å². The van der Waals surface area contributed by atoms with Gasteiger partial charge < -0.3 is 9.80 Å². The Labute approximate surface area is 139 Å². The molecule has 0 saturated carbocycles. The molecule has 6 heteroatoms. The van der Waals surface area contributed by atoms with E-state index in [1.165, 1.54) is 6.07 Å². The molecule has 0 spiro atoms. The lowest BCUT2D eigenvalue weighted by Crippen LogP contribution is -2.51. The lowest BCUT2D eigenvalue weighted by atomic mass is 10.1. The highest BCUT2D eigenvalue weighted by Crippen LogP contribution is 2.12. The van der Waals surface area contributed by atoms with Crippen LogP contribution in [0.5, 0.6) is 0 Å². The molecule has 3 rings (SSSR count). The Hall–Kier alpha value is -2.76. The molecule has 0 atom stereocenters. The first-order valence-electron chi connectivity index (χ1n) is 7.85. The smallest absolute Gasteiger partial charge is 0.254 e. The van der Waals surface area contributed by atoms with Crippen molar-refractivity contribution in [2.24, 2.45) is 0 Å². The van der Waals surface area contributed by atoms with Gasteiger partial charge in [-0.1, -0.05) is 18.2 Å². The van der Waals surface area contributed by atoms with Gasteiger partial charge in [-0.25, -0.2) is 4.39 Å². The van der Waals surface area contributed by atoms with Crippen molar-refractivity contribution in [3.8, 4) is 0 Å². The average molecular weight is 327 g/mol. The summed E-state index contributed by atoms with van der Waals surface area (Å²) in [7, 11) is 0. The van der Waals surface area contributed by atoms with Crippen molar-refractivity contribution >= 4 is 11.8 Å². The van der Waals surface area contributed by atoms with E-state index in [0.717, 1.165) is 0 Å². The molecule has 2 heterocycles. The molecule has 24 heavy (non-hydrogen) atoms. The quantitative estimate of drug-likeness (QED) is 0.863. The number of nitrogens with zero attached hydrogens (tertiary/aromatic N) is 3. The van der Waals surface area contributed by atoms with Gasteiger partial charge in [0.1, 0.15) is 5.82 Å². The fourth-order valence-corrected chi connectivity index (χ4v) is 2.75. The number of pyridine rings is 1. The molecule has 0 N–H and O–H groups in total. The van der Waals surface area contributed by atoms with Crippen LogP contribution in [-0.4, -0.2) is 52.8 Å². The van der Waals surface area contributed by atoms with E-state index in [1.54, 1.807) is 52.5 Å². The van der Waals surface area contributed by atoms with Crippen molar-refractivity contribution in [1.29, 1.82) is 0 Å². The minimum atomic E-state index is -0.364. The lowest BCUT2D eigenvalue weighted by molar-refractivity contribution is -0.132. The Morgan fingerprint density at radius 2 is 1.58 bits per heavy atom. The van der Waals surface area contributed by atoms with E-state index < -0.39 is 0 Å². The van der Waals surface area contributed by atoms with Crippen LogP contribution >= 0.6 is 0 Å². The Morgan fingerprint density at radius 3 is 2.25 bits per heavy atom. The van der Waals surface area contributed by atoms with Crippen LogP contribution in [0.2, 0.25) is 0 Å². The zero-order valence-electron chi connectivity index (χ0n) is 13.2. The molecule has 1 aliphatic heterocycles. The zero-order chi connectivity index (χ0) is 16.9. The normalized spacial score (nSPS) is 14.5. The minimum absolute atomic E-state index is 0.0466. The van der Waals surface area contributed by atoms with E-state index in [9.17, 15) is 14.0 Å². The Bertz CT molecular complexity index is 728. The lowest BCUT2D eigenvalue weighted by Gasteiger charge is -2.35. The second-order valence-corrected chi connectivity index (χ2v) is 5.68. The maximum atomic E-state index is 13.6. The van der Waals surface area contributed by atoms with Crippen LogP contribution in [0.15, 0.2) is 48.8 Å². The summed E-state index contributed by atoms with van der Waals surface area (Å²) in [5.74, 6) is -0.535. The molecule has 0 aliphatic carbocycles. The summed E-state index contributed by atoms with van der Waals surface area (Å²) >= 11 is 0. The number of amides is 2. The van der Waals surface area contributed by atoms with Gasteiger partial charge in [0.05, 0.1) is 6.42 Å². The molecule has 0 unspecified atom stereocenters. The number of piperazine rings is 1. The molecule has 1 aromatic carbocycles. The van der Waals surface area contributed by atoms with Gasteiger partial charge in [-0.15, -0.1) is 0 Å². The first kappa shape index (κ1) is 16.1. The van der Waals surface area contributed by atoms with E-state index in [2.05, 4.69) is 4.98 Å². The number of benzene rings is 1. The minimum Gasteiger partial charge on any atom is -0.339 e. The predicted octanol–water partition coefficient (Wildman–Crippen LogP) is 1.75. The number of carbonyl (C=O) groups excluding carboxylic acids is 2. The fraction of sp³-hybridized carbons (Fsp3) is 0.278. The molecule has 0 radical (unpaired) electrons. The van der Waals surface area contributed by atoms with Crippen LogP contribution in [0.4, 0.5) is 4.39 Å². The molecule has 2 amide bonds. The topological polar surface area (TPSA) is 53.5 Å². The number of rotatable bonds is 3. The number of hydrogen-bond donors (Lipinski definition) is 0. The molecule has 2 aromatic rings. The SMILES string of the molecule is O=C(Cc1ccccc1F)N1CCN(C(=O)c2ccncc2)CC1. The van der Waals surface area contributed by atoms with Crippen LogP contribution in [-0.2, 0) is 11.2 Å². The highest BCUT2D eigenvalue weighted by atomic mass is 19.1. The number of carbonyl (C=O) groups is 2. The number of hydrogen-bond acceptors (Lipinski definition) is 3. The zero-order valence-corrected chi connectivity index (χ0v) is 13.2. The van der Waals surface area contributed by atoms with Crippen molar-refractivity contribution in [3.05, 3.63) is 65.7 Å². The van der Waals surface area contributed by atoms with Crippen molar-refractivity contribution in [2.45, 2.75) is 6.42 Å². The van der Waals surface area contributed by atoms with Crippen LogP contribution in [0, 0.1) is 5.82 Å². The summed E-state index contributed by atoms with van der Waals surface area (Å²) < 4.78 is 13.6. The summed E-state index contributed by atoms with van der Waals surface area (Å²) in [6, 6.07) is 9.66. The Morgan fingerprint density at radius 1 is 0.958 bits per heavy atom. The molecule has 5 nitrogen and oxygen atoms in total. The van der Waals surface area contributed by atoms with Crippen molar-refractivity contribution in [1.82, 2.24) is 14.8 Å². The highest BCUT2D eigenvalue weighted by Gasteiger charge is 2.25. The van der Waals surface area contributed by atoms with Crippen molar-refractivity contribution < 1.29 is 14.0 Å². The molecule has 1 saturated heterocycles. The summed E-state index contributed by atoms with van der Waals surface area (Å²) in [5, 5.41) is 0. The van der Waals surface area contributed by atoms with E-state index in [4.69, 9.17) is 0 Å². The second-order valence-electron chi connectivity index (χ2n) is 5.68. The van der Waals surface area contributed by atoms with Crippen LogP contribution < -0.4 is 0 Å². The van der Waals surface area contributed by atoms with Gasteiger partial charge in [-0.3, -0.25) is 14.6 Å². The Kier molecular flexibility index (Phi) is 4.84. The number of halogens is 1. The van der Waals surface area contributed by atoms with Gasteiger partial charge in [0.15, 0.2) is 0 Å². The third kappa shape index (κ3) is 3.59. The molecule has 0 bridgehead atoms. The molecule has 124 valence electrons. The number of aromatic nitrogens is 1. The summed E-state index contributed by atoms with van der Waals surface area (Å²) in [4.78, 5) is 32.0. The highest BCUT2D eigenvalue weighted by molar-refractivity contribution is 5.94. The van der Waals surface area contributed by atoms with E-state index in [0.29, 0.717) is 37.3 Å². The third-order valence-corrected chi connectivity index (χ3v) is 4.15. The van der Waals surface area contributed by atoms with Crippen LogP contribution in [0.3, 0.4) is 0 Å². The van der Waals surface area contributed by atoms with Crippen LogP contribution in [0.25, 0.3) is 0 Å². The molecular formula is C18H18FN3O2. The summed E-state index contributed by atoms with van der Waals surface area (Å²) in [6.07, 6.45) is 3.22. The molecule has 1 aliphatic rings. The second kappa shape index (κ2) is 7.21. The summed E-state index contributed by atoms with van der Waals surface area (Å²) in [5.41, 5.74) is 0.994. The van der Waals surface area contributed by atoms with Gasteiger partial charge >= 0.3 is 0 Å². The summed E-state index contributed by atoms with van der Waals surface area (Å²) in [6.45, 7) is 1.88. The first-order valence-corrected chi connectivity index (χ1v) is 7.85. The van der Waals surface area contributed by atoms with Gasteiger partial charge in [-0.05, 0) is 23.8 Å². The largest absolute Gasteiger partial charge is 0.339 e. The monoisotopic (exact) mass is 327 g/mol. The van der Waals surface area contributed by atoms with Crippen molar-refractivity contribution in [2.75, 3.05) is 26.2 Å². The van der Waals surface area contributed by atoms with E-state index >= 15 is 0 Å².